The van der Waals surface area contributed by atoms with Crippen LogP contribution in [0.15, 0.2) is 243 Å². The molecule has 0 spiro atoms. The summed E-state index contributed by atoms with van der Waals surface area (Å²) >= 11 is 0. The molecular formula is C75H82O16. The van der Waals surface area contributed by atoms with Gasteiger partial charge in [-0.25, -0.2) is 0 Å². The lowest BCUT2D eigenvalue weighted by atomic mass is 9.96. The van der Waals surface area contributed by atoms with Crippen LogP contribution in [0.5, 0.6) is 0 Å². The molecule has 11 rings (SSSR count). The molecule has 15 atom stereocenters. The Morgan fingerprint density at radius 3 is 0.912 bits per heavy atom. The average molecular weight is 1240 g/mol. The highest BCUT2D eigenvalue weighted by Crippen LogP contribution is 2.37. The topological polar surface area (TPSA) is 170 Å². The number of aliphatic hydroxyl groups excluding tert-OH is 2. The molecule has 3 heterocycles. The predicted molar refractivity (Wildman–Crippen MR) is 338 cm³/mol. The second-order valence-corrected chi connectivity index (χ2v) is 22.8. The summed E-state index contributed by atoms with van der Waals surface area (Å²) < 4.78 is 95.5. The van der Waals surface area contributed by atoms with Gasteiger partial charge in [0.25, 0.3) is 0 Å². The molecule has 2 N–H and O–H groups in total. The van der Waals surface area contributed by atoms with E-state index in [0.29, 0.717) is 0 Å². The molecule has 3 aliphatic heterocycles. The fraction of sp³-hybridized carbons (Fsp3) is 0.360. The molecule has 3 saturated heterocycles. The van der Waals surface area contributed by atoms with Crippen molar-refractivity contribution >= 4 is 0 Å². The summed E-state index contributed by atoms with van der Waals surface area (Å²) in [7, 11) is 1.55. The molecule has 0 unspecified atom stereocenters. The van der Waals surface area contributed by atoms with E-state index in [1.807, 2.05) is 243 Å². The van der Waals surface area contributed by atoms with Crippen LogP contribution in [0.3, 0.4) is 0 Å². The van der Waals surface area contributed by atoms with E-state index in [1.165, 1.54) is 0 Å². The predicted octanol–water partition coefficient (Wildman–Crippen LogP) is 10.9. The standard InChI is InChI=1S/C75H82O16/c1-78-74-71(85-48-59-38-22-8-23-39-59)67(82-45-56-32-16-5-17-33-56)63(89-74)52-87-73-65(77)64(76)69(83-46-57-34-18-6-19-35-57)68(62(88-73)51-80-43-54-28-12-3-13-29-54)91-75-72(86-49-60-40-24-9-25-41-60)70(84-47-58-36-20-7-21-37-58)66(81-44-55-30-14-4-15-31-55)61(90-75)50-79-42-53-26-10-2-11-27-53/h2-41,61-77H,42-52H2,1H3/t61-,62-,63-,64-,65-,66+,67-,68-,69-,70+,71+,72-,73+,74+,75+/m1/s1. The first-order valence-corrected chi connectivity index (χ1v) is 31.2. The lowest BCUT2D eigenvalue weighted by Gasteiger charge is -2.47. The van der Waals surface area contributed by atoms with Crippen molar-refractivity contribution in [1.82, 2.24) is 0 Å². The van der Waals surface area contributed by atoms with Crippen LogP contribution in [-0.4, -0.2) is 129 Å². The Labute approximate surface area is 533 Å². The molecule has 3 aliphatic rings. The van der Waals surface area contributed by atoms with E-state index in [9.17, 15) is 10.2 Å². The number of hydrogen-bond donors (Lipinski definition) is 2. The Hall–Kier alpha value is -6.88. The summed E-state index contributed by atoms with van der Waals surface area (Å²) in [5.74, 6) is 0. The highest BCUT2D eigenvalue weighted by Gasteiger charge is 2.55. The third kappa shape index (κ3) is 18.9. The van der Waals surface area contributed by atoms with Gasteiger partial charge in [0.1, 0.15) is 73.2 Å². The second-order valence-electron chi connectivity index (χ2n) is 22.8. The molecule has 0 aliphatic carbocycles. The third-order valence-corrected chi connectivity index (χ3v) is 16.3. The molecular weight excluding hydrogens is 1160 g/mol. The van der Waals surface area contributed by atoms with Crippen molar-refractivity contribution in [1.29, 1.82) is 0 Å². The molecule has 16 nitrogen and oxygen atoms in total. The first-order chi connectivity index (χ1) is 44.9. The van der Waals surface area contributed by atoms with E-state index in [2.05, 4.69) is 0 Å². The van der Waals surface area contributed by atoms with Gasteiger partial charge in [-0.2, -0.15) is 0 Å². The lowest BCUT2D eigenvalue weighted by molar-refractivity contribution is -0.351. The largest absolute Gasteiger partial charge is 0.387 e. The minimum atomic E-state index is -1.74. The van der Waals surface area contributed by atoms with Gasteiger partial charge in [-0.15, -0.1) is 0 Å². The van der Waals surface area contributed by atoms with Gasteiger partial charge in [0, 0.05) is 7.11 Å². The number of hydrogen-bond acceptors (Lipinski definition) is 16. The molecule has 0 amide bonds. The van der Waals surface area contributed by atoms with Gasteiger partial charge in [-0.05, 0) is 44.5 Å². The van der Waals surface area contributed by atoms with Gasteiger partial charge >= 0.3 is 0 Å². The summed E-state index contributed by atoms with van der Waals surface area (Å²) in [6, 6.07) is 78.4. The summed E-state index contributed by atoms with van der Waals surface area (Å²) in [5.41, 5.74) is 7.30. The number of methoxy groups -OCH3 is 1. The number of aliphatic hydroxyl groups is 2. The lowest BCUT2D eigenvalue weighted by Crippen LogP contribution is -2.63. The van der Waals surface area contributed by atoms with Crippen molar-refractivity contribution in [2.75, 3.05) is 26.9 Å². The van der Waals surface area contributed by atoms with E-state index in [0.717, 1.165) is 44.5 Å². The molecule has 0 saturated carbocycles. The van der Waals surface area contributed by atoms with Gasteiger partial charge in [0.05, 0.1) is 72.7 Å². The van der Waals surface area contributed by atoms with Gasteiger partial charge in [-0.3, -0.25) is 0 Å². The zero-order chi connectivity index (χ0) is 62.2. The molecule has 8 aromatic rings. The molecule has 3 fully saturated rings. The summed E-state index contributed by atoms with van der Waals surface area (Å²) in [4.78, 5) is 0. The molecule has 0 radical (unpaired) electrons. The molecule has 16 heteroatoms. The first-order valence-electron chi connectivity index (χ1n) is 31.2. The highest BCUT2D eigenvalue weighted by atomic mass is 16.8. The molecule has 0 aromatic heterocycles. The van der Waals surface area contributed by atoms with E-state index >= 15 is 0 Å². The van der Waals surface area contributed by atoms with Crippen LogP contribution in [0, 0.1) is 0 Å². The van der Waals surface area contributed by atoms with Crippen LogP contribution in [0.1, 0.15) is 44.5 Å². The Morgan fingerprint density at radius 2 is 0.538 bits per heavy atom. The van der Waals surface area contributed by atoms with Crippen molar-refractivity contribution in [3.63, 3.8) is 0 Å². The van der Waals surface area contributed by atoms with Crippen molar-refractivity contribution in [2.24, 2.45) is 0 Å². The van der Waals surface area contributed by atoms with Crippen molar-refractivity contribution in [3.8, 4) is 0 Å². The minimum Gasteiger partial charge on any atom is -0.387 e. The fourth-order valence-corrected chi connectivity index (χ4v) is 11.5. The van der Waals surface area contributed by atoms with Gasteiger partial charge in [0.2, 0.25) is 0 Å². The van der Waals surface area contributed by atoms with Crippen LogP contribution >= 0.6 is 0 Å². The van der Waals surface area contributed by atoms with E-state index in [1.54, 1.807) is 7.11 Å². The fourth-order valence-electron chi connectivity index (χ4n) is 11.5. The summed E-state index contributed by atoms with van der Waals surface area (Å²) in [6.07, 6.45) is -16.8. The Kier molecular flexibility index (Phi) is 25.0. The maximum atomic E-state index is 12.9. The smallest absolute Gasteiger partial charge is 0.187 e. The molecule has 91 heavy (non-hydrogen) atoms. The second kappa shape index (κ2) is 34.7. The van der Waals surface area contributed by atoms with Crippen molar-refractivity contribution < 1.29 is 76.5 Å². The van der Waals surface area contributed by atoms with Crippen molar-refractivity contribution in [2.45, 2.75) is 145 Å². The SMILES string of the molecule is CO[C@H]1O[C@H](CO[C@H]2O[C@H](COCc3ccccc3)[C@@H](O[C@@H]3O[C@H](COCc4ccccc4)[C@H](OCc4ccccc4)[C@H](OCc4ccccc4)[C@H]3OCc3ccccc3)[C@H](OCc3ccccc3)[C@H](O)[C@H]2O)[C@@H](OCc2ccccc2)[C@@H]1OCc1ccccc1. The van der Waals surface area contributed by atoms with Gasteiger partial charge in [-0.1, -0.05) is 243 Å². The Morgan fingerprint density at radius 1 is 0.264 bits per heavy atom. The summed E-state index contributed by atoms with van der Waals surface area (Å²) in [6.45, 7) is 1.16. The Bertz CT molecular complexity index is 3260. The van der Waals surface area contributed by atoms with E-state index in [4.69, 9.17) is 66.3 Å². The Balaban J connectivity index is 0.953. The quantitative estimate of drug-likeness (QED) is 0.0408. The zero-order valence-electron chi connectivity index (χ0n) is 51.1. The maximum absolute atomic E-state index is 12.9. The zero-order valence-corrected chi connectivity index (χ0v) is 51.1. The molecule has 478 valence electrons. The van der Waals surface area contributed by atoms with Gasteiger partial charge < -0.3 is 76.5 Å². The molecule has 0 bridgehead atoms. The summed E-state index contributed by atoms with van der Waals surface area (Å²) in [5, 5.41) is 25.6. The molecule has 8 aromatic carbocycles. The van der Waals surface area contributed by atoms with Crippen molar-refractivity contribution in [3.05, 3.63) is 287 Å². The monoisotopic (exact) mass is 1240 g/mol. The van der Waals surface area contributed by atoms with E-state index in [-0.39, 0.29) is 72.7 Å². The van der Waals surface area contributed by atoms with E-state index < -0.39 is 92.1 Å². The van der Waals surface area contributed by atoms with Crippen LogP contribution in [-0.2, 0) is 119 Å². The number of rotatable bonds is 32. The van der Waals surface area contributed by atoms with Crippen LogP contribution < -0.4 is 0 Å². The van der Waals surface area contributed by atoms with Crippen LogP contribution in [0.25, 0.3) is 0 Å². The minimum absolute atomic E-state index is 0.00497. The van der Waals surface area contributed by atoms with Crippen LogP contribution in [0.2, 0.25) is 0 Å². The van der Waals surface area contributed by atoms with Crippen LogP contribution in [0.4, 0.5) is 0 Å². The number of ether oxygens (including phenoxy) is 14. The normalized spacial score (nSPS) is 26.7. The maximum Gasteiger partial charge on any atom is 0.187 e. The average Bonchev–Trinajstić information content (AvgIpc) is 1.79. The van der Waals surface area contributed by atoms with Gasteiger partial charge in [0.15, 0.2) is 18.9 Å². The highest BCUT2D eigenvalue weighted by molar-refractivity contribution is 5.20. The third-order valence-electron chi connectivity index (χ3n) is 16.3. The first kappa shape index (κ1) is 65.6. The number of benzene rings is 8.